The van der Waals surface area contributed by atoms with E-state index in [-0.39, 0.29) is 5.38 Å². The van der Waals surface area contributed by atoms with E-state index in [0.717, 1.165) is 18.5 Å². The summed E-state index contributed by atoms with van der Waals surface area (Å²) in [6.45, 7) is 0. The van der Waals surface area contributed by atoms with Crippen LogP contribution in [0.25, 0.3) is 5.69 Å². The summed E-state index contributed by atoms with van der Waals surface area (Å²) in [6.07, 6.45) is 3.64. The highest BCUT2D eigenvalue weighted by atomic mass is 35.5. The number of aryl methyl sites for hydroxylation is 1. The number of alkyl halides is 1. The van der Waals surface area contributed by atoms with Crippen LogP contribution in [-0.4, -0.2) is 9.78 Å². The molecule has 0 saturated heterocycles. The third kappa shape index (κ3) is 3.34. The maximum absolute atomic E-state index is 6.49. The maximum atomic E-state index is 6.49. The molecule has 0 radical (unpaired) electrons. The molecule has 106 valence electrons. The quantitative estimate of drug-likeness (QED) is 0.619. The molecule has 0 aliphatic rings. The first-order chi connectivity index (χ1) is 10.3. The second-order valence-corrected chi connectivity index (χ2v) is 5.51. The Hall–Kier alpha value is -2.06. The molecule has 0 bridgehead atoms. The van der Waals surface area contributed by atoms with Gasteiger partial charge >= 0.3 is 0 Å². The summed E-state index contributed by atoms with van der Waals surface area (Å²) in [5.74, 6) is 0. The summed E-state index contributed by atoms with van der Waals surface area (Å²) >= 11 is 6.49. The second kappa shape index (κ2) is 6.59. The van der Waals surface area contributed by atoms with E-state index in [9.17, 15) is 0 Å². The van der Waals surface area contributed by atoms with Gasteiger partial charge in [-0.3, -0.25) is 0 Å². The third-order valence-electron chi connectivity index (χ3n) is 3.54. The minimum absolute atomic E-state index is 0.0327. The summed E-state index contributed by atoms with van der Waals surface area (Å²) in [7, 11) is 0. The number of nitrogens with zero attached hydrogens (tertiary/aromatic N) is 2. The first-order valence-corrected chi connectivity index (χ1v) is 7.55. The molecular weight excluding hydrogens is 280 g/mol. The Kier molecular flexibility index (Phi) is 4.37. The number of aromatic nitrogens is 2. The van der Waals surface area contributed by atoms with Crippen molar-refractivity contribution in [2.75, 3.05) is 0 Å². The van der Waals surface area contributed by atoms with Crippen molar-refractivity contribution in [3.63, 3.8) is 0 Å². The predicted octanol–water partition coefficient (Wildman–Crippen LogP) is 4.79. The molecule has 1 aromatic heterocycles. The monoisotopic (exact) mass is 296 g/mol. The normalized spacial score (nSPS) is 12.2. The highest BCUT2D eigenvalue weighted by Gasteiger charge is 2.10. The van der Waals surface area contributed by atoms with Crippen molar-refractivity contribution >= 4 is 11.6 Å². The van der Waals surface area contributed by atoms with Crippen LogP contribution in [0.5, 0.6) is 0 Å². The molecule has 2 aromatic carbocycles. The van der Waals surface area contributed by atoms with E-state index in [1.54, 1.807) is 0 Å². The van der Waals surface area contributed by atoms with E-state index in [2.05, 4.69) is 35.4 Å². The van der Waals surface area contributed by atoms with Crippen molar-refractivity contribution in [3.8, 4) is 5.69 Å². The average molecular weight is 297 g/mol. The molecule has 0 aliphatic carbocycles. The second-order valence-electron chi connectivity index (χ2n) is 4.99. The number of hydrogen-bond donors (Lipinski definition) is 0. The lowest BCUT2D eigenvalue weighted by atomic mass is 10.1. The van der Waals surface area contributed by atoms with Crippen LogP contribution in [0.3, 0.4) is 0 Å². The van der Waals surface area contributed by atoms with Crippen molar-refractivity contribution in [1.82, 2.24) is 9.78 Å². The van der Waals surface area contributed by atoms with Gasteiger partial charge < -0.3 is 0 Å². The summed E-state index contributed by atoms with van der Waals surface area (Å²) in [4.78, 5) is 0. The lowest BCUT2D eigenvalue weighted by Gasteiger charge is -2.11. The molecule has 3 rings (SSSR count). The first-order valence-electron chi connectivity index (χ1n) is 7.12. The molecule has 0 spiro atoms. The largest absolute Gasteiger partial charge is 0.238 e. The summed E-state index contributed by atoms with van der Waals surface area (Å²) in [6, 6.07) is 22.5. The number of rotatable bonds is 5. The van der Waals surface area contributed by atoms with Crippen LogP contribution in [0.4, 0.5) is 0 Å². The van der Waals surface area contributed by atoms with E-state index in [4.69, 9.17) is 11.6 Å². The third-order valence-corrected chi connectivity index (χ3v) is 4.01. The minimum atomic E-state index is 0.0327. The molecule has 2 nitrogen and oxygen atoms in total. The number of para-hydroxylation sites is 1. The van der Waals surface area contributed by atoms with Gasteiger partial charge in [-0.15, -0.1) is 11.6 Å². The number of benzene rings is 2. The van der Waals surface area contributed by atoms with E-state index in [1.807, 2.05) is 47.3 Å². The van der Waals surface area contributed by atoms with Crippen LogP contribution in [0.15, 0.2) is 72.9 Å². The molecular formula is C18H17ClN2. The summed E-state index contributed by atoms with van der Waals surface area (Å²) < 4.78 is 1.98. The Morgan fingerprint density at radius 1 is 0.905 bits per heavy atom. The summed E-state index contributed by atoms with van der Waals surface area (Å²) in [5.41, 5.74) is 3.44. The van der Waals surface area contributed by atoms with Gasteiger partial charge in [0, 0.05) is 11.9 Å². The van der Waals surface area contributed by atoms with Gasteiger partial charge in [0.15, 0.2) is 0 Å². The zero-order valence-electron chi connectivity index (χ0n) is 11.7. The fraction of sp³-hybridized carbons (Fsp3) is 0.167. The number of halogens is 1. The highest BCUT2D eigenvalue weighted by Crippen LogP contribution is 2.26. The highest BCUT2D eigenvalue weighted by molar-refractivity contribution is 6.20. The Labute approximate surface area is 130 Å². The zero-order chi connectivity index (χ0) is 14.5. The molecule has 0 N–H and O–H groups in total. The van der Waals surface area contributed by atoms with Gasteiger partial charge in [-0.05, 0) is 36.6 Å². The van der Waals surface area contributed by atoms with Gasteiger partial charge in [0.25, 0.3) is 0 Å². The van der Waals surface area contributed by atoms with Gasteiger partial charge in [0.2, 0.25) is 0 Å². The van der Waals surface area contributed by atoms with E-state index >= 15 is 0 Å². The molecule has 1 unspecified atom stereocenters. The first kappa shape index (κ1) is 13.9. The topological polar surface area (TPSA) is 17.8 Å². The Balaban J connectivity index is 1.71. The molecule has 1 atom stereocenters. The van der Waals surface area contributed by atoms with Crippen LogP contribution in [-0.2, 0) is 6.42 Å². The lowest BCUT2D eigenvalue weighted by molar-refractivity contribution is 0.728. The van der Waals surface area contributed by atoms with Gasteiger partial charge in [-0.2, -0.15) is 5.10 Å². The van der Waals surface area contributed by atoms with Crippen molar-refractivity contribution in [1.29, 1.82) is 0 Å². The van der Waals surface area contributed by atoms with Crippen LogP contribution in [0.1, 0.15) is 23.1 Å². The van der Waals surface area contributed by atoms with E-state index < -0.39 is 0 Å². The molecule has 0 saturated carbocycles. The molecule has 0 amide bonds. The fourth-order valence-electron chi connectivity index (χ4n) is 2.42. The van der Waals surface area contributed by atoms with Crippen LogP contribution >= 0.6 is 11.6 Å². The van der Waals surface area contributed by atoms with Crippen molar-refractivity contribution in [3.05, 3.63) is 84.2 Å². The number of hydrogen-bond acceptors (Lipinski definition) is 1. The van der Waals surface area contributed by atoms with Gasteiger partial charge in [-0.25, -0.2) is 4.68 Å². The Bertz CT molecular complexity index is 677. The lowest BCUT2D eigenvalue weighted by Crippen LogP contribution is -2.03. The van der Waals surface area contributed by atoms with Crippen molar-refractivity contribution in [2.24, 2.45) is 0 Å². The molecule has 21 heavy (non-hydrogen) atoms. The zero-order valence-corrected chi connectivity index (χ0v) is 12.4. The molecule has 3 aromatic rings. The van der Waals surface area contributed by atoms with Crippen LogP contribution in [0, 0.1) is 0 Å². The standard InChI is InChI=1S/C18H17ClN2/c19-18(15-7-3-1-4-8-15)12-11-17-13-14-20-21(17)16-9-5-2-6-10-16/h1-10,13-14,18H,11-12H2. The molecule has 1 heterocycles. The van der Waals surface area contributed by atoms with Crippen LogP contribution in [0.2, 0.25) is 0 Å². The molecule has 3 heteroatoms. The SMILES string of the molecule is ClC(CCc1ccnn1-c1ccccc1)c1ccccc1. The van der Waals surface area contributed by atoms with E-state index in [1.165, 1.54) is 11.3 Å². The van der Waals surface area contributed by atoms with E-state index in [0.29, 0.717) is 0 Å². The summed E-state index contributed by atoms with van der Waals surface area (Å²) in [5, 5.41) is 4.44. The van der Waals surface area contributed by atoms with Gasteiger partial charge in [0.1, 0.15) is 0 Å². The Morgan fingerprint density at radius 2 is 1.57 bits per heavy atom. The van der Waals surface area contributed by atoms with Gasteiger partial charge in [-0.1, -0.05) is 48.5 Å². The maximum Gasteiger partial charge on any atom is 0.0648 e. The minimum Gasteiger partial charge on any atom is -0.238 e. The fourth-order valence-corrected chi connectivity index (χ4v) is 2.68. The van der Waals surface area contributed by atoms with Gasteiger partial charge in [0.05, 0.1) is 11.1 Å². The van der Waals surface area contributed by atoms with Crippen molar-refractivity contribution < 1.29 is 0 Å². The Morgan fingerprint density at radius 3 is 2.29 bits per heavy atom. The average Bonchev–Trinajstić information content (AvgIpc) is 3.03. The molecule has 0 aliphatic heterocycles. The van der Waals surface area contributed by atoms with Crippen molar-refractivity contribution in [2.45, 2.75) is 18.2 Å². The van der Waals surface area contributed by atoms with Crippen LogP contribution < -0.4 is 0 Å². The smallest absolute Gasteiger partial charge is 0.0648 e. The predicted molar refractivity (Wildman–Crippen MR) is 86.9 cm³/mol. The molecule has 0 fully saturated rings.